The van der Waals surface area contributed by atoms with Crippen molar-refractivity contribution in [1.82, 2.24) is 4.90 Å². The highest BCUT2D eigenvalue weighted by molar-refractivity contribution is 5.66. The minimum atomic E-state index is 0.570. The van der Waals surface area contributed by atoms with Crippen molar-refractivity contribution in [3.63, 3.8) is 0 Å². The molecule has 130 valence electrons. The molecule has 24 heavy (non-hydrogen) atoms. The number of nitrogen functional groups attached to an aromatic ring is 1. The van der Waals surface area contributed by atoms with Crippen LogP contribution in [0.15, 0.2) is 36.4 Å². The number of anilines is 2. The van der Waals surface area contributed by atoms with E-state index in [1.165, 1.54) is 57.8 Å². The molecule has 1 aromatic carbocycles. The average molecular weight is 326 g/mol. The first-order valence-corrected chi connectivity index (χ1v) is 9.86. The van der Waals surface area contributed by atoms with Crippen LogP contribution in [0.1, 0.15) is 57.8 Å². The Kier molecular flexibility index (Phi) is 4.79. The highest BCUT2D eigenvalue weighted by Crippen LogP contribution is 2.40. The molecule has 4 rings (SSSR count). The predicted octanol–water partition coefficient (Wildman–Crippen LogP) is 4.57. The number of nitrogens with one attached hydrogen (secondary N) is 1. The summed E-state index contributed by atoms with van der Waals surface area (Å²) in [6.45, 7) is 0. The van der Waals surface area contributed by atoms with Crippen LogP contribution < -0.4 is 11.1 Å². The van der Waals surface area contributed by atoms with Crippen LogP contribution in [0.3, 0.4) is 0 Å². The molecule has 0 amide bonds. The van der Waals surface area contributed by atoms with Gasteiger partial charge in [-0.05, 0) is 57.1 Å². The summed E-state index contributed by atoms with van der Waals surface area (Å²) in [7, 11) is 0. The van der Waals surface area contributed by atoms with Crippen LogP contribution in [-0.2, 0) is 0 Å². The quantitative estimate of drug-likeness (QED) is 0.632. The van der Waals surface area contributed by atoms with Gasteiger partial charge >= 0.3 is 0 Å². The van der Waals surface area contributed by atoms with E-state index in [0.717, 1.165) is 23.5 Å². The van der Waals surface area contributed by atoms with Crippen LogP contribution in [0, 0.1) is 0 Å². The Labute approximate surface area is 146 Å². The van der Waals surface area contributed by atoms with Crippen LogP contribution in [0.2, 0.25) is 0 Å². The normalized spacial score (nSPS) is 35.2. The highest BCUT2D eigenvalue weighted by Gasteiger charge is 2.43. The van der Waals surface area contributed by atoms with Gasteiger partial charge in [0.05, 0.1) is 11.4 Å². The third kappa shape index (κ3) is 3.32. The Bertz CT molecular complexity index is 568. The van der Waals surface area contributed by atoms with Crippen LogP contribution >= 0.6 is 0 Å². The summed E-state index contributed by atoms with van der Waals surface area (Å²) in [4.78, 5) is 2.87. The zero-order chi connectivity index (χ0) is 16.4. The molecule has 2 unspecified atom stereocenters. The number of rotatable bonds is 3. The van der Waals surface area contributed by atoms with Crippen molar-refractivity contribution in [3.8, 4) is 0 Å². The lowest BCUT2D eigenvalue weighted by Crippen LogP contribution is -2.51. The molecule has 1 aliphatic carbocycles. The van der Waals surface area contributed by atoms with Gasteiger partial charge in [-0.15, -0.1) is 0 Å². The number of fused-ring (bicyclic) bond motifs is 2. The van der Waals surface area contributed by atoms with E-state index < -0.39 is 0 Å². The lowest BCUT2D eigenvalue weighted by molar-refractivity contribution is 0.0958. The molecule has 3 aliphatic rings. The van der Waals surface area contributed by atoms with Gasteiger partial charge in [-0.3, -0.25) is 4.90 Å². The summed E-state index contributed by atoms with van der Waals surface area (Å²) in [5.74, 6) is 0. The number of benzene rings is 1. The van der Waals surface area contributed by atoms with Crippen LogP contribution in [-0.4, -0.2) is 29.1 Å². The summed E-state index contributed by atoms with van der Waals surface area (Å²) >= 11 is 0. The Balaban J connectivity index is 1.43. The molecule has 2 heterocycles. The number of para-hydroxylation sites is 2. The molecule has 0 aromatic heterocycles. The highest BCUT2D eigenvalue weighted by atomic mass is 15.3. The van der Waals surface area contributed by atoms with Gasteiger partial charge in [0.15, 0.2) is 0 Å². The monoisotopic (exact) mass is 325 g/mol. The molecule has 4 atom stereocenters. The summed E-state index contributed by atoms with van der Waals surface area (Å²) < 4.78 is 0. The van der Waals surface area contributed by atoms with Gasteiger partial charge in [-0.1, -0.05) is 37.1 Å². The fraction of sp³-hybridized carbons (Fsp3) is 0.619. The minimum Gasteiger partial charge on any atom is -0.397 e. The fourth-order valence-corrected chi connectivity index (χ4v) is 5.11. The van der Waals surface area contributed by atoms with Crippen molar-refractivity contribution in [2.24, 2.45) is 0 Å². The summed E-state index contributed by atoms with van der Waals surface area (Å²) in [5, 5.41) is 3.73. The zero-order valence-electron chi connectivity index (χ0n) is 14.7. The van der Waals surface area contributed by atoms with Gasteiger partial charge in [-0.25, -0.2) is 0 Å². The Morgan fingerprint density at radius 2 is 1.75 bits per heavy atom. The average Bonchev–Trinajstić information content (AvgIpc) is 2.81. The molecule has 1 aromatic rings. The zero-order valence-corrected chi connectivity index (χ0v) is 14.7. The molecule has 0 spiro atoms. The lowest BCUT2D eigenvalue weighted by Gasteiger charge is -2.43. The Morgan fingerprint density at radius 1 is 0.958 bits per heavy atom. The Hall–Kier alpha value is -1.48. The molecule has 2 aliphatic heterocycles. The summed E-state index contributed by atoms with van der Waals surface area (Å²) in [5.41, 5.74) is 8.10. The molecule has 3 N–H and O–H groups in total. The molecule has 3 nitrogen and oxygen atoms in total. The van der Waals surface area contributed by atoms with E-state index in [1.54, 1.807) is 0 Å². The topological polar surface area (TPSA) is 41.3 Å². The molecule has 0 radical (unpaired) electrons. The molecule has 2 bridgehead atoms. The van der Waals surface area contributed by atoms with Gasteiger partial charge in [-0.2, -0.15) is 0 Å². The van der Waals surface area contributed by atoms with E-state index in [2.05, 4.69) is 34.5 Å². The number of allylic oxidation sites excluding steroid dienone is 1. The molecule has 0 saturated carbocycles. The summed E-state index contributed by atoms with van der Waals surface area (Å²) in [6.07, 6.45) is 17.0. The molecular formula is C21H31N3. The maximum Gasteiger partial charge on any atom is 0.0576 e. The van der Waals surface area contributed by atoms with Crippen molar-refractivity contribution >= 4 is 11.4 Å². The largest absolute Gasteiger partial charge is 0.397 e. The van der Waals surface area contributed by atoms with E-state index in [-0.39, 0.29) is 0 Å². The molecule has 2 fully saturated rings. The SMILES string of the molecule is Nc1ccccc1NC1C[C@H]2CC[C@@H](C1)N2C1/C=C\CCCCC1. The first kappa shape index (κ1) is 16.0. The molecular weight excluding hydrogens is 294 g/mol. The molecule has 2 saturated heterocycles. The van der Waals surface area contributed by atoms with Gasteiger partial charge in [0, 0.05) is 24.2 Å². The fourth-order valence-electron chi connectivity index (χ4n) is 5.11. The number of piperidine rings is 1. The smallest absolute Gasteiger partial charge is 0.0576 e. The van der Waals surface area contributed by atoms with E-state index in [4.69, 9.17) is 5.73 Å². The second kappa shape index (κ2) is 7.18. The van der Waals surface area contributed by atoms with Crippen molar-refractivity contribution in [2.45, 2.75) is 82.0 Å². The number of hydrogen-bond donors (Lipinski definition) is 2. The number of hydrogen-bond acceptors (Lipinski definition) is 3. The number of nitrogens with zero attached hydrogens (tertiary/aromatic N) is 1. The van der Waals surface area contributed by atoms with E-state index in [1.807, 2.05) is 12.1 Å². The van der Waals surface area contributed by atoms with Crippen molar-refractivity contribution in [2.75, 3.05) is 11.1 Å². The van der Waals surface area contributed by atoms with Gasteiger partial charge in [0.1, 0.15) is 0 Å². The third-order valence-electron chi connectivity index (χ3n) is 6.22. The number of nitrogens with two attached hydrogens (primary N) is 1. The van der Waals surface area contributed by atoms with Crippen molar-refractivity contribution in [1.29, 1.82) is 0 Å². The van der Waals surface area contributed by atoms with Crippen molar-refractivity contribution in [3.05, 3.63) is 36.4 Å². The Morgan fingerprint density at radius 3 is 2.54 bits per heavy atom. The maximum absolute atomic E-state index is 6.12. The van der Waals surface area contributed by atoms with Crippen molar-refractivity contribution < 1.29 is 0 Å². The minimum absolute atomic E-state index is 0.570. The lowest BCUT2D eigenvalue weighted by atomic mass is 9.92. The van der Waals surface area contributed by atoms with Gasteiger partial charge in [0.2, 0.25) is 0 Å². The van der Waals surface area contributed by atoms with Crippen LogP contribution in [0.25, 0.3) is 0 Å². The van der Waals surface area contributed by atoms with Crippen LogP contribution in [0.5, 0.6) is 0 Å². The van der Waals surface area contributed by atoms with E-state index in [9.17, 15) is 0 Å². The first-order chi connectivity index (χ1) is 11.8. The van der Waals surface area contributed by atoms with Crippen LogP contribution in [0.4, 0.5) is 11.4 Å². The van der Waals surface area contributed by atoms with E-state index in [0.29, 0.717) is 12.1 Å². The molecule has 3 heteroatoms. The predicted molar refractivity (Wildman–Crippen MR) is 102 cm³/mol. The van der Waals surface area contributed by atoms with Gasteiger partial charge in [0.25, 0.3) is 0 Å². The second-order valence-corrected chi connectivity index (χ2v) is 7.87. The van der Waals surface area contributed by atoms with E-state index >= 15 is 0 Å². The maximum atomic E-state index is 6.12. The first-order valence-electron chi connectivity index (χ1n) is 9.86. The van der Waals surface area contributed by atoms with Gasteiger partial charge < -0.3 is 11.1 Å². The summed E-state index contributed by atoms with van der Waals surface area (Å²) in [6, 6.07) is 10.9. The standard InChI is InChI=1S/C21H31N3/c22-20-10-6-7-11-21(20)23-16-14-18-12-13-19(15-16)24(18)17-8-4-2-1-3-5-9-17/h4,6-8,10-11,16-19,23H,1-3,5,9,12-15,22H2/b8-4-/t16?,17?,18-,19+. The third-order valence-corrected chi connectivity index (χ3v) is 6.22. The second-order valence-electron chi connectivity index (χ2n) is 7.87.